The summed E-state index contributed by atoms with van der Waals surface area (Å²) in [6.07, 6.45) is 0. The van der Waals surface area contributed by atoms with E-state index in [1.807, 2.05) is 44.3 Å². The van der Waals surface area contributed by atoms with Crippen LogP contribution in [0.1, 0.15) is 28.1 Å². The Morgan fingerprint density at radius 2 is 1.31 bits per heavy atom. The second-order valence-electron chi connectivity index (χ2n) is 7.65. The first-order chi connectivity index (χ1) is 13.7. The lowest BCUT2D eigenvalue weighted by Crippen LogP contribution is -2.21. The van der Waals surface area contributed by atoms with E-state index in [0.29, 0.717) is 17.7 Å². The lowest BCUT2D eigenvalue weighted by Gasteiger charge is -2.29. The summed E-state index contributed by atoms with van der Waals surface area (Å²) in [5.41, 5.74) is 8.36. The number of hydrogen-bond acceptors (Lipinski definition) is 6. The van der Waals surface area contributed by atoms with Crippen LogP contribution in [0.3, 0.4) is 0 Å². The summed E-state index contributed by atoms with van der Waals surface area (Å²) in [6, 6.07) is 9.92. The second-order valence-corrected chi connectivity index (χ2v) is 7.65. The summed E-state index contributed by atoms with van der Waals surface area (Å²) < 4.78 is 0. The maximum atomic E-state index is 4.69. The van der Waals surface area contributed by atoms with Gasteiger partial charge in [-0.2, -0.15) is 15.0 Å². The van der Waals surface area contributed by atoms with Gasteiger partial charge in [0.25, 0.3) is 0 Å². The van der Waals surface area contributed by atoms with Gasteiger partial charge in [-0.3, -0.25) is 0 Å². The lowest BCUT2D eigenvalue weighted by atomic mass is 9.94. The largest absolute Gasteiger partial charge is 0.377 e. The molecule has 0 aliphatic carbocycles. The molecule has 0 saturated carbocycles. The molecule has 0 saturated heterocycles. The molecule has 0 atom stereocenters. The Morgan fingerprint density at radius 3 is 1.93 bits per heavy atom. The molecule has 1 aromatic heterocycles. The summed E-state index contributed by atoms with van der Waals surface area (Å²) in [5.74, 6) is 1.83. The highest BCUT2D eigenvalue weighted by Crippen LogP contribution is 2.39. The van der Waals surface area contributed by atoms with Crippen LogP contribution >= 0.6 is 0 Å². The number of nitrogens with zero attached hydrogens (tertiary/aromatic N) is 5. The number of aromatic nitrogens is 3. The fraction of sp³-hybridized carbons (Fsp3) is 0.348. The van der Waals surface area contributed by atoms with E-state index < -0.39 is 0 Å². The molecule has 29 heavy (non-hydrogen) atoms. The van der Waals surface area contributed by atoms with Gasteiger partial charge < -0.3 is 15.1 Å². The van der Waals surface area contributed by atoms with E-state index in [1.54, 1.807) is 0 Å². The van der Waals surface area contributed by atoms with Crippen LogP contribution in [0.15, 0.2) is 30.3 Å². The monoisotopic (exact) mass is 390 g/mol. The Labute approximate surface area is 173 Å². The first-order valence-electron chi connectivity index (χ1n) is 9.76. The number of nitrogens with one attached hydrogen (secondary N) is 1. The van der Waals surface area contributed by atoms with E-state index in [0.717, 1.165) is 11.4 Å². The Kier molecular flexibility index (Phi) is 5.73. The molecule has 6 nitrogen and oxygen atoms in total. The Hall–Kier alpha value is -3.15. The van der Waals surface area contributed by atoms with Gasteiger partial charge in [0.15, 0.2) is 0 Å². The molecule has 6 heteroatoms. The molecule has 0 aliphatic heterocycles. The molecular formula is C23H30N6. The van der Waals surface area contributed by atoms with Crippen molar-refractivity contribution in [2.24, 2.45) is 0 Å². The fourth-order valence-electron chi connectivity index (χ4n) is 3.91. The SMILES string of the molecule is Cc1nc(Nc2ccccc2)nc(N(C)c2c(C)c(C)c(C)c(N(C)C)c2C)n1. The molecule has 3 rings (SSSR count). The minimum absolute atomic E-state index is 0.539. The number of anilines is 5. The lowest BCUT2D eigenvalue weighted by molar-refractivity contribution is 0.936. The van der Waals surface area contributed by atoms with Crippen LogP contribution in [0, 0.1) is 34.6 Å². The summed E-state index contributed by atoms with van der Waals surface area (Å²) in [7, 11) is 6.19. The van der Waals surface area contributed by atoms with Gasteiger partial charge in [0, 0.05) is 32.5 Å². The molecule has 1 N–H and O–H groups in total. The van der Waals surface area contributed by atoms with Gasteiger partial charge in [0.05, 0.1) is 5.69 Å². The minimum Gasteiger partial charge on any atom is -0.377 e. The maximum Gasteiger partial charge on any atom is 0.234 e. The predicted octanol–water partition coefficient (Wildman–Crippen LogP) is 4.99. The molecule has 0 amide bonds. The third-order valence-corrected chi connectivity index (χ3v) is 5.39. The summed E-state index contributed by atoms with van der Waals surface area (Å²) in [4.78, 5) is 18.0. The van der Waals surface area contributed by atoms with Crippen molar-refractivity contribution in [2.75, 3.05) is 36.3 Å². The molecular weight excluding hydrogens is 360 g/mol. The van der Waals surface area contributed by atoms with Crippen molar-refractivity contribution in [2.45, 2.75) is 34.6 Å². The van der Waals surface area contributed by atoms with Gasteiger partial charge in [-0.05, 0) is 69.0 Å². The third kappa shape index (κ3) is 4.01. The van der Waals surface area contributed by atoms with Crippen molar-refractivity contribution in [1.82, 2.24) is 15.0 Å². The maximum absolute atomic E-state index is 4.69. The average molecular weight is 391 g/mol. The van der Waals surface area contributed by atoms with Gasteiger partial charge in [-0.25, -0.2) is 0 Å². The number of aryl methyl sites for hydroxylation is 1. The Bertz CT molecular complexity index is 1030. The van der Waals surface area contributed by atoms with E-state index in [4.69, 9.17) is 4.98 Å². The van der Waals surface area contributed by atoms with E-state index in [2.05, 4.69) is 66.9 Å². The zero-order valence-electron chi connectivity index (χ0n) is 18.6. The standard InChI is InChI=1S/C23H30N6/c1-14-15(2)20(28(6)7)17(4)21(16(14)3)29(8)23-25-18(5)24-22(27-23)26-19-12-10-9-11-13-19/h9-13H,1-8H3,(H,24,25,26,27). The highest BCUT2D eigenvalue weighted by molar-refractivity contribution is 5.78. The van der Waals surface area contributed by atoms with Gasteiger partial charge in [-0.1, -0.05) is 18.2 Å². The average Bonchev–Trinajstić information content (AvgIpc) is 2.66. The fourth-order valence-corrected chi connectivity index (χ4v) is 3.91. The van der Waals surface area contributed by atoms with E-state index in [1.165, 1.54) is 27.9 Å². The Morgan fingerprint density at radius 1 is 0.690 bits per heavy atom. The van der Waals surface area contributed by atoms with Crippen LogP contribution in [0.2, 0.25) is 0 Å². The number of rotatable bonds is 5. The minimum atomic E-state index is 0.539. The normalized spacial score (nSPS) is 10.8. The van der Waals surface area contributed by atoms with Crippen LogP contribution in [-0.4, -0.2) is 36.1 Å². The smallest absolute Gasteiger partial charge is 0.234 e. The molecule has 0 aliphatic rings. The second kappa shape index (κ2) is 8.07. The first kappa shape index (κ1) is 20.6. The van der Waals surface area contributed by atoms with Crippen LogP contribution in [-0.2, 0) is 0 Å². The van der Waals surface area contributed by atoms with Crippen molar-refractivity contribution < 1.29 is 0 Å². The molecule has 1 heterocycles. The van der Waals surface area contributed by atoms with Crippen molar-refractivity contribution in [1.29, 1.82) is 0 Å². The molecule has 0 fully saturated rings. The summed E-state index contributed by atoms with van der Waals surface area (Å²) in [6.45, 7) is 10.6. The zero-order valence-corrected chi connectivity index (χ0v) is 18.6. The van der Waals surface area contributed by atoms with Crippen molar-refractivity contribution >= 4 is 29.0 Å². The van der Waals surface area contributed by atoms with Crippen molar-refractivity contribution in [3.05, 3.63) is 58.4 Å². The topological polar surface area (TPSA) is 57.2 Å². The molecule has 0 spiro atoms. The van der Waals surface area contributed by atoms with Gasteiger partial charge in [0.2, 0.25) is 11.9 Å². The van der Waals surface area contributed by atoms with E-state index in [9.17, 15) is 0 Å². The molecule has 3 aromatic rings. The van der Waals surface area contributed by atoms with Crippen molar-refractivity contribution in [3.63, 3.8) is 0 Å². The van der Waals surface area contributed by atoms with Gasteiger partial charge >= 0.3 is 0 Å². The van der Waals surface area contributed by atoms with E-state index in [-0.39, 0.29) is 0 Å². The number of para-hydroxylation sites is 1. The number of hydrogen-bond donors (Lipinski definition) is 1. The summed E-state index contributed by atoms with van der Waals surface area (Å²) >= 11 is 0. The molecule has 0 bridgehead atoms. The van der Waals surface area contributed by atoms with Crippen LogP contribution in [0.4, 0.5) is 29.0 Å². The van der Waals surface area contributed by atoms with Gasteiger partial charge in [-0.15, -0.1) is 0 Å². The highest BCUT2D eigenvalue weighted by Gasteiger charge is 2.21. The molecule has 152 valence electrons. The highest BCUT2D eigenvalue weighted by atomic mass is 15.3. The van der Waals surface area contributed by atoms with Crippen LogP contribution in [0.5, 0.6) is 0 Å². The van der Waals surface area contributed by atoms with Crippen LogP contribution < -0.4 is 15.1 Å². The quantitative estimate of drug-likeness (QED) is 0.662. The predicted molar refractivity (Wildman–Crippen MR) is 122 cm³/mol. The molecule has 2 aromatic carbocycles. The molecule has 0 radical (unpaired) electrons. The van der Waals surface area contributed by atoms with Crippen molar-refractivity contribution in [3.8, 4) is 0 Å². The number of benzene rings is 2. The first-order valence-corrected chi connectivity index (χ1v) is 9.76. The van der Waals surface area contributed by atoms with E-state index >= 15 is 0 Å². The van der Waals surface area contributed by atoms with Crippen LogP contribution in [0.25, 0.3) is 0 Å². The third-order valence-electron chi connectivity index (χ3n) is 5.39. The Balaban J connectivity index is 2.08. The zero-order chi connectivity index (χ0) is 21.3. The van der Waals surface area contributed by atoms with Gasteiger partial charge in [0.1, 0.15) is 5.82 Å². The summed E-state index contributed by atoms with van der Waals surface area (Å²) in [5, 5.41) is 3.27. The molecule has 0 unspecified atom stereocenters.